The monoisotopic (exact) mass is 372 g/mol. The van der Waals surface area contributed by atoms with Gasteiger partial charge < -0.3 is 0 Å². The molecule has 0 saturated carbocycles. The summed E-state index contributed by atoms with van der Waals surface area (Å²) < 4.78 is 1.45. The average molecular weight is 373 g/mol. The van der Waals surface area contributed by atoms with Crippen LogP contribution >= 0.6 is 23.2 Å². The van der Waals surface area contributed by atoms with Crippen LogP contribution in [0.5, 0.6) is 0 Å². The van der Waals surface area contributed by atoms with E-state index in [4.69, 9.17) is 23.2 Å². The van der Waals surface area contributed by atoms with E-state index in [1.165, 1.54) is 15.8 Å². The Morgan fingerprint density at radius 2 is 1.60 bits per heavy atom. The fourth-order valence-electron chi connectivity index (χ4n) is 2.75. The van der Waals surface area contributed by atoms with Crippen LogP contribution in [-0.4, -0.2) is 9.78 Å². The van der Waals surface area contributed by atoms with Crippen LogP contribution in [0, 0.1) is 20.8 Å². The zero-order valence-electron chi connectivity index (χ0n) is 14.3. The zero-order valence-corrected chi connectivity index (χ0v) is 15.8. The van der Waals surface area contributed by atoms with E-state index in [1.54, 1.807) is 24.3 Å². The number of rotatable bonds is 3. The van der Waals surface area contributed by atoms with Crippen LogP contribution in [0.1, 0.15) is 22.3 Å². The molecule has 0 spiro atoms. The van der Waals surface area contributed by atoms with Crippen molar-refractivity contribution in [3.8, 4) is 11.3 Å². The molecule has 3 aromatic rings. The molecule has 0 aliphatic rings. The molecule has 0 radical (unpaired) electrons. The molecular formula is C20H18Cl2N2O. The summed E-state index contributed by atoms with van der Waals surface area (Å²) in [5, 5.41) is 5.51. The van der Waals surface area contributed by atoms with E-state index in [2.05, 4.69) is 38.0 Å². The van der Waals surface area contributed by atoms with Crippen molar-refractivity contribution >= 4 is 23.2 Å². The van der Waals surface area contributed by atoms with Gasteiger partial charge in [-0.05, 0) is 67.3 Å². The van der Waals surface area contributed by atoms with Gasteiger partial charge in [-0.15, -0.1) is 0 Å². The number of hydrogen-bond acceptors (Lipinski definition) is 2. The lowest BCUT2D eigenvalue weighted by molar-refractivity contribution is 0.642. The third kappa shape index (κ3) is 3.78. The zero-order chi connectivity index (χ0) is 18.1. The number of benzene rings is 2. The summed E-state index contributed by atoms with van der Waals surface area (Å²) in [6, 6.07) is 12.9. The predicted octanol–water partition coefficient (Wildman–Crippen LogP) is 5.19. The molecule has 0 aliphatic heterocycles. The molecule has 0 aliphatic carbocycles. The maximum absolute atomic E-state index is 12.2. The largest absolute Gasteiger partial charge is 0.268 e. The third-order valence-electron chi connectivity index (χ3n) is 4.30. The van der Waals surface area contributed by atoms with Crippen LogP contribution in [0.4, 0.5) is 0 Å². The number of halogens is 2. The molecule has 3 nitrogen and oxygen atoms in total. The van der Waals surface area contributed by atoms with Gasteiger partial charge in [-0.25, -0.2) is 4.68 Å². The predicted molar refractivity (Wildman–Crippen MR) is 104 cm³/mol. The topological polar surface area (TPSA) is 34.9 Å². The molecule has 1 heterocycles. The molecule has 2 aromatic carbocycles. The van der Waals surface area contributed by atoms with Crippen LogP contribution in [0.25, 0.3) is 11.3 Å². The summed E-state index contributed by atoms with van der Waals surface area (Å²) in [5.74, 6) is 0. The summed E-state index contributed by atoms with van der Waals surface area (Å²) in [5.41, 5.74) is 6.10. The highest BCUT2D eigenvalue weighted by Gasteiger charge is 2.09. The van der Waals surface area contributed by atoms with Crippen molar-refractivity contribution in [1.82, 2.24) is 9.78 Å². The number of aryl methyl sites for hydroxylation is 3. The normalized spacial score (nSPS) is 10.9. The lowest BCUT2D eigenvalue weighted by Gasteiger charge is -2.12. The van der Waals surface area contributed by atoms with Gasteiger partial charge in [0, 0.05) is 11.6 Å². The first-order valence-electron chi connectivity index (χ1n) is 7.95. The van der Waals surface area contributed by atoms with Crippen LogP contribution < -0.4 is 5.56 Å². The Morgan fingerprint density at radius 1 is 0.880 bits per heavy atom. The molecule has 0 atom stereocenters. The SMILES string of the molecule is Cc1cc(C)c(-c2ccc(=O)n(Cc3ccc(Cl)c(Cl)c3)n2)cc1C. The third-order valence-corrected chi connectivity index (χ3v) is 5.04. The van der Waals surface area contributed by atoms with Crippen molar-refractivity contribution in [3.63, 3.8) is 0 Å². The average Bonchev–Trinajstić information content (AvgIpc) is 2.56. The summed E-state index contributed by atoms with van der Waals surface area (Å²) in [6.07, 6.45) is 0. The smallest absolute Gasteiger partial charge is 0.267 e. The summed E-state index contributed by atoms with van der Waals surface area (Å²) >= 11 is 12.0. The summed E-state index contributed by atoms with van der Waals surface area (Å²) in [7, 11) is 0. The summed E-state index contributed by atoms with van der Waals surface area (Å²) in [6.45, 7) is 6.56. The van der Waals surface area contributed by atoms with Gasteiger partial charge in [0.15, 0.2) is 0 Å². The van der Waals surface area contributed by atoms with Crippen molar-refractivity contribution in [1.29, 1.82) is 0 Å². The van der Waals surface area contributed by atoms with Gasteiger partial charge in [-0.1, -0.05) is 35.3 Å². The molecule has 0 amide bonds. The fraction of sp³-hybridized carbons (Fsp3) is 0.200. The molecule has 0 saturated heterocycles. The van der Waals surface area contributed by atoms with Gasteiger partial charge in [0.25, 0.3) is 5.56 Å². The Bertz CT molecular complexity index is 1010. The first-order valence-corrected chi connectivity index (χ1v) is 8.71. The Morgan fingerprint density at radius 3 is 2.32 bits per heavy atom. The maximum Gasteiger partial charge on any atom is 0.267 e. The Labute approximate surface area is 156 Å². The van der Waals surface area contributed by atoms with Crippen LogP contribution in [0.15, 0.2) is 47.3 Å². The Hall–Kier alpha value is -2.10. The van der Waals surface area contributed by atoms with Gasteiger partial charge in [-0.3, -0.25) is 4.79 Å². The lowest BCUT2D eigenvalue weighted by Crippen LogP contribution is -2.23. The van der Waals surface area contributed by atoms with E-state index in [0.29, 0.717) is 16.6 Å². The van der Waals surface area contributed by atoms with E-state index in [0.717, 1.165) is 22.4 Å². The van der Waals surface area contributed by atoms with E-state index >= 15 is 0 Å². The van der Waals surface area contributed by atoms with Gasteiger partial charge in [0.05, 0.1) is 22.3 Å². The van der Waals surface area contributed by atoms with E-state index in [-0.39, 0.29) is 5.56 Å². The first kappa shape index (κ1) is 17.7. The van der Waals surface area contributed by atoms with Gasteiger partial charge in [-0.2, -0.15) is 5.10 Å². The Balaban J connectivity index is 2.02. The Kier molecular flexibility index (Phi) is 4.98. The second-order valence-corrected chi connectivity index (χ2v) is 7.03. The highest BCUT2D eigenvalue weighted by atomic mass is 35.5. The molecule has 25 heavy (non-hydrogen) atoms. The molecule has 0 fully saturated rings. The van der Waals surface area contributed by atoms with Crippen molar-refractivity contribution in [2.24, 2.45) is 0 Å². The van der Waals surface area contributed by atoms with E-state index in [9.17, 15) is 4.79 Å². The summed E-state index contributed by atoms with van der Waals surface area (Å²) in [4.78, 5) is 12.2. The van der Waals surface area contributed by atoms with Crippen LogP contribution in [0.2, 0.25) is 10.0 Å². The molecule has 128 valence electrons. The molecule has 0 bridgehead atoms. The standard InChI is InChI=1S/C20H18Cl2N2O/c1-12-8-14(3)16(9-13(12)2)19-6-7-20(25)24(23-19)11-15-4-5-17(21)18(22)10-15/h4-10H,11H2,1-3H3. The van der Waals surface area contributed by atoms with Crippen molar-refractivity contribution in [2.45, 2.75) is 27.3 Å². The fourth-order valence-corrected chi connectivity index (χ4v) is 3.07. The van der Waals surface area contributed by atoms with Gasteiger partial charge in [0.2, 0.25) is 0 Å². The molecule has 0 unspecified atom stereocenters. The molecular weight excluding hydrogens is 355 g/mol. The number of nitrogens with zero attached hydrogens (tertiary/aromatic N) is 2. The second-order valence-electron chi connectivity index (χ2n) is 6.21. The van der Waals surface area contributed by atoms with E-state index < -0.39 is 0 Å². The molecule has 0 N–H and O–H groups in total. The van der Waals surface area contributed by atoms with Crippen molar-refractivity contribution in [3.05, 3.63) is 85.1 Å². The van der Waals surface area contributed by atoms with Gasteiger partial charge >= 0.3 is 0 Å². The minimum Gasteiger partial charge on any atom is -0.268 e. The minimum absolute atomic E-state index is 0.156. The molecule has 3 rings (SSSR count). The molecule has 5 heteroatoms. The van der Waals surface area contributed by atoms with E-state index in [1.807, 2.05) is 6.07 Å². The van der Waals surface area contributed by atoms with Crippen LogP contribution in [-0.2, 0) is 6.54 Å². The lowest BCUT2D eigenvalue weighted by atomic mass is 9.99. The highest BCUT2D eigenvalue weighted by molar-refractivity contribution is 6.42. The van der Waals surface area contributed by atoms with Crippen molar-refractivity contribution in [2.75, 3.05) is 0 Å². The highest BCUT2D eigenvalue weighted by Crippen LogP contribution is 2.25. The second kappa shape index (κ2) is 7.03. The number of hydrogen-bond donors (Lipinski definition) is 0. The number of aromatic nitrogens is 2. The maximum atomic E-state index is 12.2. The van der Waals surface area contributed by atoms with Crippen LogP contribution in [0.3, 0.4) is 0 Å². The first-order chi connectivity index (χ1) is 11.8. The van der Waals surface area contributed by atoms with Gasteiger partial charge in [0.1, 0.15) is 0 Å². The quantitative estimate of drug-likeness (QED) is 0.633. The minimum atomic E-state index is -0.156. The van der Waals surface area contributed by atoms with Crippen molar-refractivity contribution < 1.29 is 0 Å². The molecule has 1 aromatic heterocycles.